The number of benzene rings is 4. The van der Waals surface area contributed by atoms with Gasteiger partial charge in [0.1, 0.15) is 0 Å². The average molecular weight is 447 g/mol. The topological polar surface area (TPSA) is 99.2 Å². The van der Waals surface area contributed by atoms with E-state index in [1.807, 2.05) is 60.7 Å². The predicted octanol–water partition coefficient (Wildman–Crippen LogP) is 7.05. The number of pyridine rings is 1. The molecule has 0 spiro atoms. The largest absolute Gasteiger partial charge is 0.270 e. The van der Waals surface area contributed by atoms with Gasteiger partial charge in [0.05, 0.1) is 21.1 Å². The van der Waals surface area contributed by atoms with Crippen molar-refractivity contribution in [1.29, 1.82) is 0 Å². The van der Waals surface area contributed by atoms with Crippen molar-refractivity contribution in [3.05, 3.63) is 123 Å². The number of non-ortho nitro benzene ring substituents is 2. The highest BCUT2D eigenvalue weighted by Crippen LogP contribution is 2.35. The Labute approximate surface area is 194 Å². The quantitative estimate of drug-likeness (QED) is 0.212. The van der Waals surface area contributed by atoms with Gasteiger partial charge in [0, 0.05) is 35.2 Å². The summed E-state index contributed by atoms with van der Waals surface area (Å²) in [6, 6.07) is 30.5. The number of hydrogen-bond donors (Lipinski definition) is 0. The van der Waals surface area contributed by atoms with Gasteiger partial charge < -0.3 is 0 Å². The molecular formula is C27H17N3O4. The van der Waals surface area contributed by atoms with Crippen molar-refractivity contribution >= 4 is 22.3 Å². The minimum atomic E-state index is -0.423. The zero-order chi connectivity index (χ0) is 23.7. The molecule has 1 aromatic heterocycles. The third kappa shape index (κ3) is 3.98. The van der Waals surface area contributed by atoms with Crippen molar-refractivity contribution in [2.24, 2.45) is 0 Å². The summed E-state index contributed by atoms with van der Waals surface area (Å²) in [5.74, 6) is 0. The Balaban J connectivity index is 1.58. The maximum absolute atomic E-state index is 11.4. The number of nitro benzene ring substituents is 2. The van der Waals surface area contributed by atoms with Crippen LogP contribution in [0.2, 0.25) is 0 Å². The summed E-state index contributed by atoms with van der Waals surface area (Å²) in [5, 5.41) is 23.2. The van der Waals surface area contributed by atoms with E-state index in [0.29, 0.717) is 11.3 Å². The van der Waals surface area contributed by atoms with E-state index in [9.17, 15) is 20.2 Å². The van der Waals surface area contributed by atoms with Gasteiger partial charge in [-0.3, -0.25) is 20.2 Å². The van der Waals surface area contributed by atoms with Crippen molar-refractivity contribution in [3.8, 4) is 33.5 Å². The van der Waals surface area contributed by atoms with E-state index in [1.165, 1.54) is 18.2 Å². The fourth-order valence-corrected chi connectivity index (χ4v) is 3.96. The fraction of sp³-hybridized carbons (Fsp3) is 0. The van der Waals surface area contributed by atoms with Crippen LogP contribution in [0.1, 0.15) is 0 Å². The van der Waals surface area contributed by atoms with Crippen LogP contribution in [0.15, 0.2) is 103 Å². The Morgan fingerprint density at radius 2 is 1.24 bits per heavy atom. The molecule has 164 valence electrons. The first-order valence-electron chi connectivity index (χ1n) is 10.5. The maximum Gasteiger partial charge on any atom is 0.270 e. The number of aromatic nitrogens is 1. The highest BCUT2D eigenvalue weighted by Gasteiger charge is 2.15. The SMILES string of the molecule is O=[N+]([O-])c1ccc(-c2ccc3nc(-c4cc([N+](=O)[O-])ccc4-c4ccccc4)ccc3c2)cc1. The molecule has 0 fully saturated rings. The van der Waals surface area contributed by atoms with Crippen LogP contribution < -0.4 is 0 Å². The maximum atomic E-state index is 11.4. The van der Waals surface area contributed by atoms with E-state index in [-0.39, 0.29) is 11.4 Å². The van der Waals surface area contributed by atoms with E-state index in [1.54, 1.807) is 24.3 Å². The van der Waals surface area contributed by atoms with Crippen LogP contribution in [-0.4, -0.2) is 14.8 Å². The number of nitro groups is 2. The van der Waals surface area contributed by atoms with Crippen molar-refractivity contribution < 1.29 is 9.85 Å². The lowest BCUT2D eigenvalue weighted by Gasteiger charge is -2.11. The molecule has 0 atom stereocenters. The van der Waals surface area contributed by atoms with Crippen molar-refractivity contribution in [2.75, 3.05) is 0 Å². The summed E-state index contributed by atoms with van der Waals surface area (Å²) in [5.41, 5.74) is 5.70. The third-order valence-electron chi connectivity index (χ3n) is 5.68. The molecule has 5 rings (SSSR count). The van der Waals surface area contributed by atoms with E-state index < -0.39 is 9.85 Å². The summed E-state index contributed by atoms with van der Waals surface area (Å²) in [7, 11) is 0. The molecule has 34 heavy (non-hydrogen) atoms. The van der Waals surface area contributed by atoms with E-state index in [4.69, 9.17) is 4.98 Å². The van der Waals surface area contributed by atoms with Gasteiger partial charge in [0.15, 0.2) is 0 Å². The average Bonchev–Trinajstić information content (AvgIpc) is 2.88. The minimum absolute atomic E-state index is 0.00472. The number of rotatable bonds is 5. The van der Waals surface area contributed by atoms with Crippen LogP contribution in [0.25, 0.3) is 44.4 Å². The normalized spacial score (nSPS) is 10.8. The first-order valence-corrected chi connectivity index (χ1v) is 10.5. The van der Waals surface area contributed by atoms with Crippen LogP contribution in [0.3, 0.4) is 0 Å². The van der Waals surface area contributed by atoms with E-state index >= 15 is 0 Å². The highest BCUT2D eigenvalue weighted by molar-refractivity contribution is 5.89. The molecule has 0 aliphatic heterocycles. The van der Waals surface area contributed by atoms with Gasteiger partial charge in [-0.05, 0) is 58.7 Å². The third-order valence-corrected chi connectivity index (χ3v) is 5.68. The Morgan fingerprint density at radius 3 is 1.94 bits per heavy atom. The molecule has 7 nitrogen and oxygen atoms in total. The Hall–Kier alpha value is -4.91. The molecule has 0 bridgehead atoms. The molecule has 0 unspecified atom stereocenters. The second-order valence-electron chi connectivity index (χ2n) is 7.76. The summed E-state index contributed by atoms with van der Waals surface area (Å²) in [6.45, 7) is 0. The van der Waals surface area contributed by atoms with Crippen LogP contribution in [0.4, 0.5) is 11.4 Å². The molecule has 5 aromatic rings. The van der Waals surface area contributed by atoms with Crippen molar-refractivity contribution in [3.63, 3.8) is 0 Å². The lowest BCUT2D eigenvalue weighted by Crippen LogP contribution is -1.93. The molecule has 7 heteroatoms. The smallest absolute Gasteiger partial charge is 0.258 e. The lowest BCUT2D eigenvalue weighted by atomic mass is 9.96. The van der Waals surface area contributed by atoms with Gasteiger partial charge in [-0.1, -0.05) is 42.5 Å². The van der Waals surface area contributed by atoms with Crippen LogP contribution >= 0.6 is 0 Å². The van der Waals surface area contributed by atoms with Crippen molar-refractivity contribution in [2.45, 2.75) is 0 Å². The Morgan fingerprint density at radius 1 is 0.559 bits per heavy atom. The van der Waals surface area contributed by atoms with Crippen LogP contribution in [-0.2, 0) is 0 Å². The molecule has 0 radical (unpaired) electrons. The van der Waals surface area contributed by atoms with Gasteiger partial charge in [-0.25, -0.2) is 4.98 Å². The standard InChI is InChI=1S/C27H17N3O4/c31-29(32)22-10-6-18(7-11-22)20-8-14-26-21(16-20)9-15-27(28-26)25-17-23(30(33)34)12-13-24(25)19-4-2-1-3-5-19/h1-17H. The van der Waals surface area contributed by atoms with Gasteiger partial charge in [0.2, 0.25) is 0 Å². The fourth-order valence-electron chi connectivity index (χ4n) is 3.96. The molecule has 1 heterocycles. The van der Waals surface area contributed by atoms with Crippen molar-refractivity contribution in [1.82, 2.24) is 4.98 Å². The second-order valence-corrected chi connectivity index (χ2v) is 7.76. The number of fused-ring (bicyclic) bond motifs is 1. The molecular weight excluding hydrogens is 430 g/mol. The van der Waals surface area contributed by atoms with E-state index in [2.05, 4.69) is 0 Å². The lowest BCUT2D eigenvalue weighted by molar-refractivity contribution is -0.385. The zero-order valence-corrected chi connectivity index (χ0v) is 17.8. The summed E-state index contributed by atoms with van der Waals surface area (Å²) >= 11 is 0. The minimum Gasteiger partial charge on any atom is -0.258 e. The van der Waals surface area contributed by atoms with Gasteiger partial charge >= 0.3 is 0 Å². The molecule has 0 aliphatic rings. The monoisotopic (exact) mass is 447 g/mol. The molecule has 0 saturated carbocycles. The van der Waals surface area contributed by atoms with E-state index in [0.717, 1.165) is 33.2 Å². The molecule has 0 N–H and O–H groups in total. The van der Waals surface area contributed by atoms with Crippen LogP contribution in [0.5, 0.6) is 0 Å². The molecule has 0 aliphatic carbocycles. The molecule has 4 aromatic carbocycles. The molecule has 0 saturated heterocycles. The molecule has 0 amide bonds. The summed E-state index contributed by atoms with van der Waals surface area (Å²) < 4.78 is 0. The zero-order valence-electron chi connectivity index (χ0n) is 17.8. The van der Waals surface area contributed by atoms with Gasteiger partial charge in [-0.2, -0.15) is 0 Å². The summed E-state index contributed by atoms with van der Waals surface area (Å²) in [4.78, 5) is 26.3. The van der Waals surface area contributed by atoms with Crippen LogP contribution in [0, 0.1) is 20.2 Å². The Kier molecular flexibility index (Phi) is 5.27. The second kappa shape index (κ2) is 8.55. The summed E-state index contributed by atoms with van der Waals surface area (Å²) in [6.07, 6.45) is 0. The number of hydrogen-bond acceptors (Lipinski definition) is 5. The first-order chi connectivity index (χ1) is 16.5. The highest BCUT2D eigenvalue weighted by atomic mass is 16.6. The number of nitrogens with zero attached hydrogens (tertiary/aromatic N) is 3. The van der Waals surface area contributed by atoms with Gasteiger partial charge in [0.25, 0.3) is 11.4 Å². The Bertz CT molecular complexity index is 1550. The van der Waals surface area contributed by atoms with Gasteiger partial charge in [-0.15, -0.1) is 0 Å². The first kappa shape index (κ1) is 21.0. The predicted molar refractivity (Wildman–Crippen MR) is 131 cm³/mol.